The summed E-state index contributed by atoms with van der Waals surface area (Å²) in [5, 5.41) is 8.18. The summed E-state index contributed by atoms with van der Waals surface area (Å²) in [5.41, 5.74) is 9.39. The number of carbonyl (C=O) groups excluding carboxylic acids is 1. The molecule has 35 heavy (non-hydrogen) atoms. The van der Waals surface area contributed by atoms with E-state index in [1.54, 1.807) is 24.3 Å². The maximum absolute atomic E-state index is 13.5. The van der Waals surface area contributed by atoms with Crippen LogP contribution in [0.4, 0.5) is 8.78 Å². The molecule has 3 N–H and O–H groups in total. The Morgan fingerprint density at radius 2 is 1.80 bits per heavy atom. The molecule has 1 amide bonds. The van der Waals surface area contributed by atoms with E-state index in [1.165, 1.54) is 12.1 Å². The fraction of sp³-hybridized carbons (Fsp3) is 0.231. The van der Waals surface area contributed by atoms with E-state index in [1.807, 2.05) is 12.1 Å². The molecule has 5 rings (SSSR count). The molecule has 7 nitrogen and oxygen atoms in total. The van der Waals surface area contributed by atoms with Gasteiger partial charge in [0.15, 0.2) is 0 Å². The van der Waals surface area contributed by atoms with Crippen LogP contribution in [0.3, 0.4) is 0 Å². The zero-order chi connectivity index (χ0) is 24.4. The number of rotatable bonds is 7. The number of carbonyl (C=O) groups is 1. The van der Waals surface area contributed by atoms with Crippen LogP contribution in [-0.4, -0.2) is 47.3 Å². The smallest absolute Gasteiger partial charge is 0.249 e. The van der Waals surface area contributed by atoms with Crippen LogP contribution in [-0.2, 0) is 17.9 Å². The van der Waals surface area contributed by atoms with E-state index in [4.69, 9.17) is 15.2 Å². The Balaban J connectivity index is 1.46. The van der Waals surface area contributed by atoms with E-state index >= 15 is 0 Å². The molecular formula is C26H24F2N4O3. The lowest BCUT2D eigenvalue weighted by Gasteiger charge is -2.26. The van der Waals surface area contributed by atoms with E-state index in [2.05, 4.69) is 15.1 Å². The number of fused-ring (bicyclic) bond motifs is 1. The number of hydrogen-bond acceptors (Lipinski definition) is 5. The topological polar surface area (TPSA) is 93.5 Å². The molecule has 1 aliphatic rings. The molecule has 0 radical (unpaired) electrons. The predicted octanol–water partition coefficient (Wildman–Crippen LogP) is 4.02. The Kier molecular flexibility index (Phi) is 6.43. The van der Waals surface area contributed by atoms with Crippen molar-refractivity contribution < 1.29 is 23.0 Å². The quantitative estimate of drug-likeness (QED) is 0.419. The second-order valence-corrected chi connectivity index (χ2v) is 8.48. The van der Waals surface area contributed by atoms with Gasteiger partial charge in [-0.2, -0.15) is 5.10 Å². The highest BCUT2D eigenvalue weighted by molar-refractivity contribution is 6.04. The standard InChI is InChI=1S/C26H24F2N4O3/c27-18-9-17(10-19(28)12-18)15-35-20-2-4-24-23(13-20)25(31-30-24)22-11-16(1-3-21(22)26(29)33)14-32-5-7-34-8-6-32/h1-4,9-13H,5-8,14-15H2,(H2,29,33)(H,30,31). The molecular weight excluding hydrogens is 454 g/mol. The van der Waals surface area contributed by atoms with Crippen LogP contribution in [0.2, 0.25) is 0 Å². The Labute approximate surface area is 200 Å². The van der Waals surface area contributed by atoms with Crippen molar-refractivity contribution in [2.45, 2.75) is 13.2 Å². The Morgan fingerprint density at radius 3 is 2.54 bits per heavy atom. The Bertz CT molecular complexity index is 1360. The van der Waals surface area contributed by atoms with Crippen molar-refractivity contribution >= 4 is 16.8 Å². The third-order valence-electron chi connectivity index (χ3n) is 5.98. The SMILES string of the molecule is NC(=O)c1ccc(CN2CCOCC2)cc1-c1n[nH]c2ccc(OCc3cc(F)cc(F)c3)cc12. The van der Waals surface area contributed by atoms with Crippen molar-refractivity contribution in [2.24, 2.45) is 5.73 Å². The second-order valence-electron chi connectivity index (χ2n) is 8.48. The Hall–Kier alpha value is -3.82. The van der Waals surface area contributed by atoms with Gasteiger partial charge in [0.2, 0.25) is 5.91 Å². The van der Waals surface area contributed by atoms with Gasteiger partial charge in [-0.25, -0.2) is 8.78 Å². The van der Waals surface area contributed by atoms with Crippen LogP contribution < -0.4 is 10.5 Å². The monoisotopic (exact) mass is 478 g/mol. The third-order valence-corrected chi connectivity index (χ3v) is 5.98. The fourth-order valence-electron chi connectivity index (χ4n) is 4.27. The maximum atomic E-state index is 13.5. The molecule has 0 atom stereocenters. The summed E-state index contributed by atoms with van der Waals surface area (Å²) < 4.78 is 38.2. The first-order valence-corrected chi connectivity index (χ1v) is 11.3. The number of halogens is 2. The van der Waals surface area contributed by atoms with Crippen LogP contribution in [0.15, 0.2) is 54.6 Å². The molecule has 1 aromatic heterocycles. The van der Waals surface area contributed by atoms with E-state index in [-0.39, 0.29) is 6.61 Å². The number of benzene rings is 3. The number of nitrogens with zero attached hydrogens (tertiary/aromatic N) is 2. The van der Waals surface area contributed by atoms with E-state index < -0.39 is 17.5 Å². The molecule has 9 heteroatoms. The van der Waals surface area contributed by atoms with Gasteiger partial charge < -0.3 is 15.2 Å². The van der Waals surface area contributed by atoms with Crippen molar-refractivity contribution in [1.82, 2.24) is 15.1 Å². The van der Waals surface area contributed by atoms with Crippen molar-refractivity contribution in [3.05, 3.63) is 82.9 Å². The summed E-state index contributed by atoms with van der Waals surface area (Å²) in [5.74, 6) is -1.37. The predicted molar refractivity (Wildman–Crippen MR) is 127 cm³/mol. The largest absolute Gasteiger partial charge is 0.489 e. The van der Waals surface area contributed by atoms with Crippen LogP contribution in [0.1, 0.15) is 21.5 Å². The van der Waals surface area contributed by atoms with Gasteiger partial charge in [-0.1, -0.05) is 6.07 Å². The number of primary amides is 1. The van der Waals surface area contributed by atoms with Crippen LogP contribution in [0.25, 0.3) is 22.2 Å². The second kappa shape index (κ2) is 9.81. The molecule has 1 saturated heterocycles. The molecule has 0 aliphatic carbocycles. The van der Waals surface area contributed by atoms with Crippen molar-refractivity contribution in [2.75, 3.05) is 26.3 Å². The molecule has 0 spiro atoms. The highest BCUT2D eigenvalue weighted by atomic mass is 19.1. The number of H-pyrrole nitrogens is 1. The number of nitrogens with two attached hydrogens (primary N) is 1. The van der Waals surface area contributed by atoms with Gasteiger partial charge >= 0.3 is 0 Å². The van der Waals surface area contributed by atoms with Crippen LogP contribution in [0, 0.1) is 11.6 Å². The van der Waals surface area contributed by atoms with Gasteiger partial charge in [-0.15, -0.1) is 0 Å². The molecule has 1 fully saturated rings. The average Bonchev–Trinajstić information content (AvgIpc) is 3.26. The minimum Gasteiger partial charge on any atom is -0.489 e. The normalized spacial score (nSPS) is 14.3. The maximum Gasteiger partial charge on any atom is 0.249 e. The van der Waals surface area contributed by atoms with Gasteiger partial charge in [0.25, 0.3) is 0 Å². The summed E-state index contributed by atoms with van der Waals surface area (Å²) in [6, 6.07) is 14.2. The molecule has 3 aromatic carbocycles. The summed E-state index contributed by atoms with van der Waals surface area (Å²) in [7, 11) is 0. The average molecular weight is 478 g/mol. The van der Waals surface area contributed by atoms with Gasteiger partial charge in [-0.3, -0.25) is 14.8 Å². The highest BCUT2D eigenvalue weighted by Crippen LogP contribution is 2.32. The first-order chi connectivity index (χ1) is 17.0. The highest BCUT2D eigenvalue weighted by Gasteiger charge is 2.18. The molecule has 0 saturated carbocycles. The molecule has 0 bridgehead atoms. The number of ether oxygens (including phenoxy) is 2. The molecule has 180 valence electrons. The van der Waals surface area contributed by atoms with Gasteiger partial charge in [0.05, 0.1) is 18.7 Å². The van der Waals surface area contributed by atoms with Crippen molar-refractivity contribution in [1.29, 1.82) is 0 Å². The number of amides is 1. The lowest BCUT2D eigenvalue weighted by molar-refractivity contribution is 0.0342. The van der Waals surface area contributed by atoms with Crippen molar-refractivity contribution in [3.8, 4) is 17.0 Å². The lowest BCUT2D eigenvalue weighted by Crippen LogP contribution is -2.35. The summed E-state index contributed by atoms with van der Waals surface area (Å²) >= 11 is 0. The number of morpholine rings is 1. The molecule has 0 unspecified atom stereocenters. The summed E-state index contributed by atoms with van der Waals surface area (Å²) in [6.45, 7) is 3.79. The van der Waals surface area contributed by atoms with E-state index in [0.29, 0.717) is 41.3 Å². The van der Waals surface area contributed by atoms with Gasteiger partial charge in [0.1, 0.15) is 29.7 Å². The minimum absolute atomic E-state index is 0.00502. The molecule has 2 heterocycles. The number of aromatic nitrogens is 2. The lowest BCUT2D eigenvalue weighted by atomic mass is 9.98. The zero-order valence-electron chi connectivity index (χ0n) is 18.9. The van der Waals surface area contributed by atoms with Crippen LogP contribution >= 0.6 is 0 Å². The van der Waals surface area contributed by atoms with Crippen LogP contribution in [0.5, 0.6) is 5.75 Å². The van der Waals surface area contributed by atoms with Gasteiger partial charge in [-0.05, 0) is 53.6 Å². The number of nitrogens with one attached hydrogen (secondary N) is 1. The third kappa shape index (κ3) is 5.16. The molecule has 1 aliphatic heterocycles. The first kappa shape index (κ1) is 22.9. The van der Waals surface area contributed by atoms with Crippen molar-refractivity contribution in [3.63, 3.8) is 0 Å². The summed E-state index contributed by atoms with van der Waals surface area (Å²) in [4.78, 5) is 14.5. The number of hydrogen-bond donors (Lipinski definition) is 2. The fourth-order valence-corrected chi connectivity index (χ4v) is 4.27. The zero-order valence-corrected chi connectivity index (χ0v) is 18.9. The minimum atomic E-state index is -0.660. The van der Waals surface area contributed by atoms with E-state index in [0.717, 1.165) is 42.2 Å². The summed E-state index contributed by atoms with van der Waals surface area (Å²) in [6.07, 6.45) is 0. The first-order valence-electron chi connectivity index (χ1n) is 11.3. The Morgan fingerprint density at radius 1 is 1.03 bits per heavy atom. The molecule has 4 aromatic rings. The number of aromatic amines is 1. The van der Waals surface area contributed by atoms with Gasteiger partial charge in [0, 0.05) is 42.2 Å². The van der Waals surface area contributed by atoms with E-state index in [9.17, 15) is 13.6 Å².